The number of likely N-dealkylation sites (tertiary alicyclic amines) is 1. The van der Waals surface area contributed by atoms with E-state index in [1.54, 1.807) is 7.11 Å². The molecule has 1 aliphatic rings. The number of aryl methyl sites for hydroxylation is 2. The summed E-state index contributed by atoms with van der Waals surface area (Å²) in [5, 5.41) is 6.42. The fourth-order valence-corrected chi connectivity index (χ4v) is 3.55. The lowest BCUT2D eigenvalue weighted by atomic mass is 10.1. The molecular weight excluding hydrogens is 326 g/mol. The van der Waals surface area contributed by atoms with Gasteiger partial charge in [0.05, 0.1) is 10.7 Å². The monoisotopic (exact) mass is 353 g/mol. The average Bonchev–Trinajstić information content (AvgIpc) is 2.97. The molecule has 1 atom stereocenters. The summed E-state index contributed by atoms with van der Waals surface area (Å²) in [4.78, 5) is 14.6. The first-order valence-corrected chi connectivity index (χ1v) is 8.90. The Bertz CT molecular complexity index is 542. The highest BCUT2D eigenvalue weighted by molar-refractivity contribution is 6.34. The van der Waals surface area contributed by atoms with E-state index in [9.17, 15) is 4.79 Å². The molecule has 1 aliphatic heterocycles. The van der Waals surface area contributed by atoms with Gasteiger partial charge in [0.2, 0.25) is 0 Å². The molecule has 2 amide bonds. The van der Waals surface area contributed by atoms with Crippen molar-refractivity contribution in [2.24, 2.45) is 5.92 Å². The molecule has 2 N–H and O–H groups in total. The molecule has 1 aromatic carbocycles. The number of anilines is 1. The second-order valence-corrected chi connectivity index (χ2v) is 6.98. The summed E-state index contributed by atoms with van der Waals surface area (Å²) in [6.07, 6.45) is 2.18. The highest BCUT2D eigenvalue weighted by atomic mass is 35.5. The van der Waals surface area contributed by atoms with Gasteiger partial charge in [-0.2, -0.15) is 0 Å². The van der Waals surface area contributed by atoms with Crippen LogP contribution in [0.5, 0.6) is 0 Å². The Morgan fingerprint density at radius 1 is 1.42 bits per heavy atom. The van der Waals surface area contributed by atoms with Gasteiger partial charge in [0.15, 0.2) is 0 Å². The van der Waals surface area contributed by atoms with E-state index in [0.29, 0.717) is 23.2 Å². The number of ether oxygens (including phenoxy) is 1. The fraction of sp³-hybridized carbons (Fsp3) is 0.611. The molecule has 0 unspecified atom stereocenters. The van der Waals surface area contributed by atoms with Crippen molar-refractivity contribution in [2.75, 3.05) is 45.2 Å². The molecule has 0 spiro atoms. The predicted molar refractivity (Wildman–Crippen MR) is 99.0 cm³/mol. The third-order valence-corrected chi connectivity index (χ3v) is 4.71. The number of methoxy groups -OCH3 is 1. The number of hydrogen-bond donors (Lipinski definition) is 2. The number of halogens is 1. The van der Waals surface area contributed by atoms with Crippen LogP contribution >= 0.6 is 11.6 Å². The van der Waals surface area contributed by atoms with Gasteiger partial charge in [-0.05, 0) is 56.3 Å². The van der Waals surface area contributed by atoms with E-state index in [1.165, 1.54) is 0 Å². The first-order valence-electron chi connectivity index (χ1n) is 8.52. The Labute approximate surface area is 149 Å². The maximum absolute atomic E-state index is 12.1. The molecule has 6 heteroatoms. The van der Waals surface area contributed by atoms with Gasteiger partial charge in [-0.15, -0.1) is 0 Å². The minimum absolute atomic E-state index is 0.193. The molecule has 1 fully saturated rings. The summed E-state index contributed by atoms with van der Waals surface area (Å²) in [5.74, 6) is 0.507. The molecule has 2 rings (SSSR count). The predicted octanol–water partition coefficient (Wildman–Crippen LogP) is 3.44. The van der Waals surface area contributed by atoms with E-state index in [0.717, 1.165) is 50.2 Å². The Morgan fingerprint density at radius 3 is 2.92 bits per heavy atom. The summed E-state index contributed by atoms with van der Waals surface area (Å²) in [5.41, 5.74) is 2.75. The maximum Gasteiger partial charge on any atom is 0.319 e. The minimum Gasteiger partial charge on any atom is -0.385 e. The summed E-state index contributed by atoms with van der Waals surface area (Å²) in [6.45, 7) is 8.63. The second kappa shape index (κ2) is 9.25. The van der Waals surface area contributed by atoms with Gasteiger partial charge in [0, 0.05) is 33.4 Å². The van der Waals surface area contributed by atoms with E-state index < -0.39 is 0 Å². The number of carbonyl (C=O) groups excluding carboxylic acids is 1. The van der Waals surface area contributed by atoms with Crippen LogP contribution in [0.3, 0.4) is 0 Å². The molecule has 134 valence electrons. The lowest BCUT2D eigenvalue weighted by Crippen LogP contribution is -2.34. The zero-order chi connectivity index (χ0) is 17.5. The average molecular weight is 354 g/mol. The molecule has 0 radical (unpaired) electrons. The molecule has 1 heterocycles. The Balaban J connectivity index is 1.74. The third kappa shape index (κ3) is 5.65. The van der Waals surface area contributed by atoms with Crippen LogP contribution in [0.4, 0.5) is 10.5 Å². The van der Waals surface area contributed by atoms with Crippen molar-refractivity contribution in [1.82, 2.24) is 10.2 Å². The number of benzene rings is 1. The van der Waals surface area contributed by atoms with Crippen LogP contribution in [0.25, 0.3) is 0 Å². The van der Waals surface area contributed by atoms with Crippen LogP contribution < -0.4 is 10.6 Å². The first-order chi connectivity index (χ1) is 11.5. The summed E-state index contributed by atoms with van der Waals surface area (Å²) in [7, 11) is 1.73. The number of nitrogens with one attached hydrogen (secondary N) is 2. The lowest BCUT2D eigenvalue weighted by molar-refractivity contribution is 0.178. The number of amides is 2. The van der Waals surface area contributed by atoms with Crippen LogP contribution in [0, 0.1) is 19.8 Å². The normalized spacial score (nSPS) is 17.9. The Hall–Kier alpha value is -1.30. The van der Waals surface area contributed by atoms with E-state index >= 15 is 0 Å². The molecule has 0 aromatic heterocycles. The quantitative estimate of drug-likeness (QED) is 0.738. The van der Waals surface area contributed by atoms with Crippen molar-refractivity contribution in [3.63, 3.8) is 0 Å². The number of rotatable bonds is 7. The second-order valence-electron chi connectivity index (χ2n) is 6.58. The van der Waals surface area contributed by atoms with E-state index in [4.69, 9.17) is 16.3 Å². The molecule has 5 nitrogen and oxygen atoms in total. The minimum atomic E-state index is -0.193. The molecule has 1 aromatic rings. The molecule has 0 bridgehead atoms. The zero-order valence-electron chi connectivity index (χ0n) is 14.8. The fourth-order valence-electron chi connectivity index (χ4n) is 3.18. The van der Waals surface area contributed by atoms with E-state index in [2.05, 4.69) is 15.5 Å². The van der Waals surface area contributed by atoms with Crippen molar-refractivity contribution >= 4 is 23.3 Å². The molecule has 1 saturated heterocycles. The smallest absolute Gasteiger partial charge is 0.319 e. The van der Waals surface area contributed by atoms with Gasteiger partial charge in [0.1, 0.15) is 0 Å². The van der Waals surface area contributed by atoms with Gasteiger partial charge in [-0.25, -0.2) is 4.79 Å². The summed E-state index contributed by atoms with van der Waals surface area (Å²) >= 11 is 6.23. The Morgan fingerprint density at radius 2 is 2.21 bits per heavy atom. The van der Waals surface area contributed by atoms with Crippen LogP contribution in [0.1, 0.15) is 24.0 Å². The summed E-state index contributed by atoms with van der Waals surface area (Å²) < 4.78 is 5.09. The van der Waals surface area contributed by atoms with Crippen LogP contribution in [0.15, 0.2) is 12.1 Å². The van der Waals surface area contributed by atoms with Gasteiger partial charge in [-0.1, -0.05) is 17.7 Å². The highest BCUT2D eigenvalue weighted by Crippen LogP contribution is 2.27. The van der Waals surface area contributed by atoms with Crippen molar-refractivity contribution in [1.29, 1.82) is 0 Å². The molecule has 24 heavy (non-hydrogen) atoms. The van der Waals surface area contributed by atoms with Gasteiger partial charge in [-0.3, -0.25) is 0 Å². The molecule has 0 saturated carbocycles. The first kappa shape index (κ1) is 19.0. The highest BCUT2D eigenvalue weighted by Gasteiger charge is 2.22. The number of nitrogens with zero attached hydrogens (tertiary/aromatic N) is 1. The number of hydrogen-bond acceptors (Lipinski definition) is 3. The third-order valence-electron chi connectivity index (χ3n) is 4.41. The van der Waals surface area contributed by atoms with Gasteiger partial charge < -0.3 is 20.3 Å². The summed E-state index contributed by atoms with van der Waals surface area (Å²) in [6, 6.07) is 3.68. The standard InChI is InChI=1S/C18H28ClN3O2/c1-13-9-14(2)17(16(19)10-13)21-18(23)20-11-15-5-7-22(12-15)6-4-8-24-3/h9-10,15H,4-8,11-12H2,1-3H3,(H2,20,21,23)/t15-/m1/s1. The molecule has 0 aliphatic carbocycles. The van der Waals surface area contributed by atoms with E-state index in [-0.39, 0.29) is 6.03 Å². The lowest BCUT2D eigenvalue weighted by Gasteiger charge is -2.16. The largest absolute Gasteiger partial charge is 0.385 e. The maximum atomic E-state index is 12.1. The zero-order valence-corrected chi connectivity index (χ0v) is 15.6. The van der Waals surface area contributed by atoms with Crippen molar-refractivity contribution in [3.05, 3.63) is 28.3 Å². The van der Waals surface area contributed by atoms with Crippen LogP contribution in [-0.4, -0.2) is 50.8 Å². The molecular formula is C18H28ClN3O2. The van der Waals surface area contributed by atoms with Crippen molar-refractivity contribution < 1.29 is 9.53 Å². The number of urea groups is 1. The number of carbonyl (C=O) groups is 1. The van der Waals surface area contributed by atoms with Gasteiger partial charge in [0.25, 0.3) is 0 Å². The van der Waals surface area contributed by atoms with E-state index in [1.807, 2.05) is 26.0 Å². The van der Waals surface area contributed by atoms with Crippen LogP contribution in [0.2, 0.25) is 5.02 Å². The van der Waals surface area contributed by atoms with Crippen molar-refractivity contribution in [2.45, 2.75) is 26.7 Å². The Kier molecular flexibility index (Phi) is 7.34. The van der Waals surface area contributed by atoms with Crippen molar-refractivity contribution in [3.8, 4) is 0 Å². The van der Waals surface area contributed by atoms with Gasteiger partial charge >= 0.3 is 6.03 Å². The van der Waals surface area contributed by atoms with Crippen LogP contribution in [-0.2, 0) is 4.74 Å². The SMILES string of the molecule is COCCCN1CC[C@H](CNC(=O)Nc2c(C)cc(C)cc2Cl)C1. The topological polar surface area (TPSA) is 53.6 Å².